The molecule has 0 N–H and O–H groups in total. The molecule has 0 radical (unpaired) electrons. The second-order valence-electron chi connectivity index (χ2n) is 4.35. The highest BCUT2D eigenvalue weighted by Crippen LogP contribution is 2.19. The number of hydrogen-bond acceptors (Lipinski definition) is 2. The van der Waals surface area contributed by atoms with E-state index < -0.39 is 0 Å². The van der Waals surface area contributed by atoms with Gasteiger partial charge in [-0.3, -0.25) is 4.79 Å². The standard InChI is InChI=1S/C15H22ClNOS/c1-3-13(4-2)17(11-10-16)15(18)12-19-14-8-6-5-7-9-14/h5-9,13H,3-4,10-12H2,1-2H3. The van der Waals surface area contributed by atoms with Gasteiger partial charge in [0, 0.05) is 23.4 Å². The lowest BCUT2D eigenvalue weighted by molar-refractivity contribution is -0.130. The molecule has 106 valence electrons. The molecule has 0 atom stereocenters. The van der Waals surface area contributed by atoms with Crippen LogP contribution in [0.5, 0.6) is 0 Å². The summed E-state index contributed by atoms with van der Waals surface area (Å²) < 4.78 is 0. The molecular weight excluding hydrogens is 278 g/mol. The molecule has 4 heteroatoms. The summed E-state index contributed by atoms with van der Waals surface area (Å²) in [5.41, 5.74) is 0. The van der Waals surface area contributed by atoms with Crippen LogP contribution in [0.1, 0.15) is 26.7 Å². The van der Waals surface area contributed by atoms with Crippen molar-refractivity contribution in [3.05, 3.63) is 30.3 Å². The van der Waals surface area contributed by atoms with Crippen molar-refractivity contribution < 1.29 is 4.79 Å². The van der Waals surface area contributed by atoms with Gasteiger partial charge in [0.2, 0.25) is 5.91 Å². The first-order chi connectivity index (χ1) is 9.22. The molecule has 1 aromatic carbocycles. The van der Waals surface area contributed by atoms with Gasteiger partial charge in [0.05, 0.1) is 5.75 Å². The number of nitrogens with zero attached hydrogens (tertiary/aromatic N) is 1. The molecule has 0 aliphatic heterocycles. The SMILES string of the molecule is CCC(CC)N(CCCl)C(=O)CSc1ccccc1. The van der Waals surface area contributed by atoms with E-state index in [1.165, 1.54) is 0 Å². The topological polar surface area (TPSA) is 20.3 Å². The number of carbonyl (C=O) groups is 1. The van der Waals surface area contributed by atoms with Gasteiger partial charge in [-0.25, -0.2) is 0 Å². The van der Waals surface area contributed by atoms with Crippen molar-refractivity contribution in [3.63, 3.8) is 0 Å². The van der Waals surface area contributed by atoms with Gasteiger partial charge in [-0.15, -0.1) is 23.4 Å². The highest BCUT2D eigenvalue weighted by atomic mass is 35.5. The Balaban J connectivity index is 2.57. The lowest BCUT2D eigenvalue weighted by Gasteiger charge is -2.30. The maximum absolute atomic E-state index is 12.3. The molecule has 0 aromatic heterocycles. The average Bonchev–Trinajstić information content (AvgIpc) is 2.46. The summed E-state index contributed by atoms with van der Waals surface area (Å²) in [6.07, 6.45) is 1.96. The summed E-state index contributed by atoms with van der Waals surface area (Å²) in [6.45, 7) is 4.88. The molecule has 1 amide bonds. The number of carbonyl (C=O) groups excluding carboxylic acids is 1. The van der Waals surface area contributed by atoms with Crippen LogP contribution in [0.4, 0.5) is 0 Å². The van der Waals surface area contributed by atoms with Gasteiger partial charge in [-0.05, 0) is 25.0 Å². The first-order valence-corrected chi connectivity index (χ1v) is 8.28. The molecular formula is C15H22ClNOS. The molecule has 1 rings (SSSR count). The predicted molar refractivity (Wildman–Crippen MR) is 84.0 cm³/mol. The fraction of sp³-hybridized carbons (Fsp3) is 0.533. The van der Waals surface area contributed by atoms with Crippen LogP contribution in [-0.4, -0.2) is 35.0 Å². The van der Waals surface area contributed by atoms with E-state index in [9.17, 15) is 4.79 Å². The number of amides is 1. The lowest BCUT2D eigenvalue weighted by atomic mass is 10.1. The smallest absolute Gasteiger partial charge is 0.233 e. The molecule has 2 nitrogen and oxygen atoms in total. The largest absolute Gasteiger partial charge is 0.338 e. The maximum Gasteiger partial charge on any atom is 0.233 e. The number of halogens is 1. The fourth-order valence-corrected chi connectivity index (χ4v) is 3.06. The van der Waals surface area contributed by atoms with Crippen molar-refractivity contribution in [1.29, 1.82) is 0 Å². The number of hydrogen-bond donors (Lipinski definition) is 0. The van der Waals surface area contributed by atoms with Crippen LogP contribution in [0, 0.1) is 0 Å². The zero-order valence-corrected chi connectivity index (χ0v) is 13.2. The minimum Gasteiger partial charge on any atom is -0.338 e. The molecule has 0 fully saturated rings. The van der Waals surface area contributed by atoms with Crippen molar-refractivity contribution in [2.45, 2.75) is 37.6 Å². The molecule has 0 saturated heterocycles. The van der Waals surface area contributed by atoms with Crippen LogP contribution in [-0.2, 0) is 4.79 Å². The number of benzene rings is 1. The number of rotatable bonds is 8. The second kappa shape index (κ2) is 9.27. The Morgan fingerprint density at radius 3 is 2.42 bits per heavy atom. The minimum absolute atomic E-state index is 0.184. The summed E-state index contributed by atoms with van der Waals surface area (Å²) in [7, 11) is 0. The van der Waals surface area contributed by atoms with E-state index in [0.717, 1.165) is 17.7 Å². The van der Waals surface area contributed by atoms with Gasteiger partial charge in [0.15, 0.2) is 0 Å². The van der Waals surface area contributed by atoms with Crippen molar-refractivity contribution in [2.75, 3.05) is 18.2 Å². The Bertz CT molecular complexity index is 368. The van der Waals surface area contributed by atoms with Crippen molar-refractivity contribution in [2.24, 2.45) is 0 Å². The Labute approximate surface area is 125 Å². The Kier molecular flexibility index (Phi) is 7.99. The number of alkyl halides is 1. The molecule has 1 aromatic rings. The van der Waals surface area contributed by atoms with Crippen molar-refractivity contribution in [1.82, 2.24) is 4.90 Å². The van der Waals surface area contributed by atoms with E-state index in [1.807, 2.05) is 35.2 Å². The highest BCUT2D eigenvalue weighted by Gasteiger charge is 2.20. The van der Waals surface area contributed by atoms with Crippen LogP contribution in [0.15, 0.2) is 35.2 Å². The molecule has 0 spiro atoms. The second-order valence-corrected chi connectivity index (χ2v) is 5.77. The molecule has 0 unspecified atom stereocenters. The zero-order valence-electron chi connectivity index (χ0n) is 11.6. The van der Waals surface area contributed by atoms with Gasteiger partial charge in [-0.1, -0.05) is 32.0 Å². The van der Waals surface area contributed by atoms with Gasteiger partial charge >= 0.3 is 0 Å². The predicted octanol–water partition coefficient (Wildman–Crippen LogP) is 4.03. The Morgan fingerprint density at radius 1 is 1.26 bits per heavy atom. The third-order valence-corrected chi connectivity index (χ3v) is 4.30. The van der Waals surface area contributed by atoms with Gasteiger partial charge in [-0.2, -0.15) is 0 Å². The molecule has 0 heterocycles. The van der Waals surface area contributed by atoms with E-state index >= 15 is 0 Å². The van der Waals surface area contributed by atoms with Gasteiger partial charge < -0.3 is 4.90 Å². The minimum atomic E-state index is 0.184. The number of thioether (sulfide) groups is 1. The molecule has 0 bridgehead atoms. The molecule has 0 aliphatic rings. The Hall–Kier alpha value is -0.670. The van der Waals surface area contributed by atoms with E-state index in [2.05, 4.69) is 13.8 Å². The van der Waals surface area contributed by atoms with E-state index in [-0.39, 0.29) is 5.91 Å². The van der Waals surface area contributed by atoms with Gasteiger partial charge in [0.1, 0.15) is 0 Å². The zero-order chi connectivity index (χ0) is 14.1. The van der Waals surface area contributed by atoms with Crippen LogP contribution in [0.3, 0.4) is 0 Å². The summed E-state index contributed by atoms with van der Waals surface area (Å²) in [5.74, 6) is 1.17. The lowest BCUT2D eigenvalue weighted by Crippen LogP contribution is -2.42. The van der Waals surface area contributed by atoms with Crippen molar-refractivity contribution in [3.8, 4) is 0 Å². The first kappa shape index (κ1) is 16.4. The van der Waals surface area contributed by atoms with Crippen LogP contribution < -0.4 is 0 Å². The summed E-state index contributed by atoms with van der Waals surface area (Å²) >= 11 is 7.40. The molecule has 19 heavy (non-hydrogen) atoms. The van der Waals surface area contributed by atoms with Crippen LogP contribution in [0.25, 0.3) is 0 Å². The maximum atomic E-state index is 12.3. The van der Waals surface area contributed by atoms with E-state index in [4.69, 9.17) is 11.6 Å². The third-order valence-electron chi connectivity index (χ3n) is 3.13. The van der Waals surface area contributed by atoms with E-state index in [0.29, 0.717) is 24.2 Å². The quantitative estimate of drug-likeness (QED) is 0.533. The fourth-order valence-electron chi connectivity index (χ4n) is 2.08. The third kappa shape index (κ3) is 5.45. The van der Waals surface area contributed by atoms with E-state index in [1.54, 1.807) is 11.8 Å². The van der Waals surface area contributed by atoms with Gasteiger partial charge in [0.25, 0.3) is 0 Å². The van der Waals surface area contributed by atoms with Crippen LogP contribution in [0.2, 0.25) is 0 Å². The van der Waals surface area contributed by atoms with Crippen molar-refractivity contribution >= 4 is 29.3 Å². The Morgan fingerprint density at radius 2 is 1.89 bits per heavy atom. The molecule has 0 saturated carbocycles. The summed E-state index contributed by atoms with van der Waals surface area (Å²) in [5, 5.41) is 0. The summed E-state index contributed by atoms with van der Waals surface area (Å²) in [6, 6.07) is 10.3. The van der Waals surface area contributed by atoms with Crippen LogP contribution >= 0.6 is 23.4 Å². The monoisotopic (exact) mass is 299 g/mol. The normalized spacial score (nSPS) is 10.7. The molecule has 0 aliphatic carbocycles. The average molecular weight is 300 g/mol. The highest BCUT2D eigenvalue weighted by molar-refractivity contribution is 8.00. The summed E-state index contributed by atoms with van der Waals surface area (Å²) in [4.78, 5) is 15.4. The first-order valence-electron chi connectivity index (χ1n) is 6.76.